The summed E-state index contributed by atoms with van der Waals surface area (Å²) < 4.78 is 0. The minimum absolute atomic E-state index is 0.0381. The lowest BCUT2D eigenvalue weighted by Gasteiger charge is -2.32. The van der Waals surface area contributed by atoms with Crippen LogP contribution in [0, 0.1) is 5.41 Å². The van der Waals surface area contributed by atoms with Crippen LogP contribution in [-0.2, 0) is 14.4 Å². The Morgan fingerprint density at radius 2 is 2.18 bits per heavy atom. The van der Waals surface area contributed by atoms with E-state index in [0.29, 0.717) is 13.1 Å². The van der Waals surface area contributed by atoms with Crippen LogP contribution in [0.5, 0.6) is 0 Å². The summed E-state index contributed by atoms with van der Waals surface area (Å²) in [5.74, 6) is -0.240. The topological polar surface area (TPSA) is 70.7 Å². The molecule has 0 radical (unpaired) electrons. The standard InChI is InChI=1S/C11H21N3O3/c1-11(2,3)7-14(17-4)10(16)8-5-13-9(15)6-12-8/h8,12H,5-7H2,1-4H3,(H,13,15). The molecule has 6 nitrogen and oxygen atoms in total. The molecule has 6 heteroatoms. The van der Waals surface area contributed by atoms with Crippen LogP contribution in [0.2, 0.25) is 0 Å². The van der Waals surface area contributed by atoms with Gasteiger partial charge in [-0.1, -0.05) is 20.8 Å². The largest absolute Gasteiger partial charge is 0.353 e. The van der Waals surface area contributed by atoms with Crippen molar-refractivity contribution in [1.29, 1.82) is 0 Å². The smallest absolute Gasteiger partial charge is 0.265 e. The molecule has 2 amide bonds. The van der Waals surface area contributed by atoms with E-state index in [4.69, 9.17) is 4.84 Å². The fraction of sp³-hybridized carbons (Fsp3) is 0.818. The van der Waals surface area contributed by atoms with Crippen LogP contribution >= 0.6 is 0 Å². The molecule has 1 heterocycles. The summed E-state index contributed by atoms with van der Waals surface area (Å²) in [4.78, 5) is 28.2. The lowest BCUT2D eigenvalue weighted by Crippen LogP contribution is -2.59. The van der Waals surface area contributed by atoms with Crippen LogP contribution in [0.15, 0.2) is 0 Å². The number of carbonyl (C=O) groups is 2. The first-order valence-electron chi connectivity index (χ1n) is 5.69. The van der Waals surface area contributed by atoms with Crippen molar-refractivity contribution in [3.63, 3.8) is 0 Å². The molecule has 1 rings (SSSR count). The van der Waals surface area contributed by atoms with Crippen LogP contribution < -0.4 is 10.6 Å². The molecule has 0 aromatic heterocycles. The molecule has 17 heavy (non-hydrogen) atoms. The predicted octanol–water partition coefficient (Wildman–Crippen LogP) is -0.489. The number of nitrogens with one attached hydrogen (secondary N) is 2. The third-order valence-electron chi connectivity index (χ3n) is 2.39. The van der Waals surface area contributed by atoms with E-state index < -0.39 is 6.04 Å². The van der Waals surface area contributed by atoms with Crippen LogP contribution in [-0.4, -0.2) is 49.7 Å². The Morgan fingerprint density at radius 1 is 1.53 bits per heavy atom. The molecule has 1 unspecified atom stereocenters. The first-order chi connectivity index (χ1) is 7.83. The third-order valence-corrected chi connectivity index (χ3v) is 2.39. The summed E-state index contributed by atoms with van der Waals surface area (Å²) in [6.07, 6.45) is 0. The number of hydroxylamine groups is 2. The van der Waals surface area contributed by atoms with Crippen molar-refractivity contribution in [3.05, 3.63) is 0 Å². The molecule has 0 saturated carbocycles. The SMILES string of the molecule is CON(CC(C)(C)C)C(=O)C1CNC(=O)CN1. The van der Waals surface area contributed by atoms with Crippen LogP contribution in [0.3, 0.4) is 0 Å². The van der Waals surface area contributed by atoms with Gasteiger partial charge in [0.25, 0.3) is 5.91 Å². The van der Waals surface area contributed by atoms with Crippen molar-refractivity contribution < 1.29 is 14.4 Å². The third kappa shape index (κ3) is 4.32. The molecular formula is C11H21N3O3. The second kappa shape index (κ2) is 5.46. The highest BCUT2D eigenvalue weighted by molar-refractivity contribution is 5.86. The zero-order valence-corrected chi connectivity index (χ0v) is 10.9. The fourth-order valence-electron chi connectivity index (χ4n) is 1.58. The van der Waals surface area contributed by atoms with E-state index >= 15 is 0 Å². The Hall–Kier alpha value is -1.14. The van der Waals surface area contributed by atoms with Crippen LogP contribution in [0.4, 0.5) is 0 Å². The summed E-state index contributed by atoms with van der Waals surface area (Å²) in [6, 6.07) is -0.407. The highest BCUT2D eigenvalue weighted by Crippen LogP contribution is 2.16. The van der Waals surface area contributed by atoms with Crippen molar-refractivity contribution >= 4 is 11.8 Å². The van der Waals surface area contributed by atoms with Gasteiger partial charge in [-0.3, -0.25) is 19.7 Å². The Bertz CT molecular complexity index is 289. The van der Waals surface area contributed by atoms with E-state index in [9.17, 15) is 9.59 Å². The number of amides is 2. The Kier molecular flexibility index (Phi) is 4.47. The molecule has 1 aliphatic heterocycles. The fourth-order valence-corrected chi connectivity index (χ4v) is 1.58. The molecular weight excluding hydrogens is 222 g/mol. The second-order valence-corrected chi connectivity index (χ2v) is 5.36. The van der Waals surface area contributed by atoms with Crippen molar-refractivity contribution in [2.45, 2.75) is 26.8 Å². The summed E-state index contributed by atoms with van der Waals surface area (Å²) in [6.45, 7) is 7.08. The van der Waals surface area contributed by atoms with Gasteiger partial charge in [0.1, 0.15) is 6.04 Å². The highest BCUT2D eigenvalue weighted by atomic mass is 16.7. The molecule has 1 saturated heterocycles. The number of nitrogens with zero attached hydrogens (tertiary/aromatic N) is 1. The van der Waals surface area contributed by atoms with Gasteiger partial charge in [-0.05, 0) is 5.41 Å². The van der Waals surface area contributed by atoms with Gasteiger partial charge in [0.2, 0.25) is 5.91 Å². The molecule has 0 bridgehead atoms. The summed E-state index contributed by atoms with van der Waals surface area (Å²) in [7, 11) is 1.48. The number of carbonyl (C=O) groups excluding carboxylic acids is 2. The molecule has 1 aliphatic rings. The molecule has 2 N–H and O–H groups in total. The van der Waals surface area contributed by atoms with E-state index in [0.717, 1.165) is 0 Å². The molecule has 0 aromatic rings. The molecule has 0 aliphatic carbocycles. The van der Waals surface area contributed by atoms with E-state index in [2.05, 4.69) is 10.6 Å². The average Bonchev–Trinajstić information content (AvgIpc) is 2.25. The lowest BCUT2D eigenvalue weighted by atomic mass is 9.96. The van der Waals surface area contributed by atoms with E-state index in [1.807, 2.05) is 20.8 Å². The first kappa shape index (κ1) is 13.9. The van der Waals surface area contributed by atoms with E-state index in [-0.39, 0.29) is 23.8 Å². The number of piperazine rings is 1. The number of hydrogen-bond donors (Lipinski definition) is 2. The normalized spacial score (nSPS) is 20.9. The molecule has 1 atom stereocenters. The second-order valence-electron chi connectivity index (χ2n) is 5.36. The molecule has 1 fully saturated rings. The van der Waals surface area contributed by atoms with Crippen molar-refractivity contribution in [3.8, 4) is 0 Å². The van der Waals surface area contributed by atoms with E-state index in [1.165, 1.54) is 12.2 Å². The summed E-state index contributed by atoms with van der Waals surface area (Å²) in [5, 5.41) is 6.88. The zero-order chi connectivity index (χ0) is 13.1. The Labute approximate surface area is 102 Å². The van der Waals surface area contributed by atoms with Gasteiger partial charge >= 0.3 is 0 Å². The predicted molar refractivity (Wildman–Crippen MR) is 63.0 cm³/mol. The van der Waals surface area contributed by atoms with Gasteiger partial charge in [0.05, 0.1) is 20.2 Å². The van der Waals surface area contributed by atoms with E-state index in [1.54, 1.807) is 0 Å². The van der Waals surface area contributed by atoms with Crippen LogP contribution in [0.25, 0.3) is 0 Å². The minimum atomic E-state index is -0.407. The van der Waals surface area contributed by atoms with Gasteiger partial charge in [-0.2, -0.15) is 0 Å². The maximum atomic E-state index is 12.1. The maximum Gasteiger partial charge on any atom is 0.265 e. The van der Waals surface area contributed by atoms with Gasteiger partial charge in [-0.25, -0.2) is 5.06 Å². The average molecular weight is 243 g/mol. The lowest BCUT2D eigenvalue weighted by molar-refractivity contribution is -0.184. The number of hydrogen-bond acceptors (Lipinski definition) is 4. The summed E-state index contributed by atoms with van der Waals surface area (Å²) in [5.41, 5.74) is -0.0381. The monoisotopic (exact) mass is 243 g/mol. The Morgan fingerprint density at radius 3 is 2.59 bits per heavy atom. The zero-order valence-electron chi connectivity index (χ0n) is 10.9. The maximum absolute atomic E-state index is 12.1. The molecule has 0 aromatic carbocycles. The van der Waals surface area contributed by atoms with Crippen LogP contribution in [0.1, 0.15) is 20.8 Å². The van der Waals surface area contributed by atoms with Gasteiger partial charge in [0.15, 0.2) is 0 Å². The van der Waals surface area contributed by atoms with Gasteiger partial charge in [0, 0.05) is 6.54 Å². The first-order valence-corrected chi connectivity index (χ1v) is 5.69. The van der Waals surface area contributed by atoms with Gasteiger partial charge in [-0.15, -0.1) is 0 Å². The molecule has 0 spiro atoms. The molecule has 98 valence electrons. The quantitative estimate of drug-likeness (QED) is 0.656. The van der Waals surface area contributed by atoms with Crippen molar-refractivity contribution in [1.82, 2.24) is 15.7 Å². The van der Waals surface area contributed by atoms with Crippen molar-refractivity contribution in [2.24, 2.45) is 5.41 Å². The highest BCUT2D eigenvalue weighted by Gasteiger charge is 2.30. The van der Waals surface area contributed by atoms with Gasteiger partial charge < -0.3 is 5.32 Å². The van der Waals surface area contributed by atoms with Crippen molar-refractivity contribution in [2.75, 3.05) is 26.7 Å². The Balaban J connectivity index is 2.57. The summed E-state index contributed by atoms with van der Waals surface area (Å²) >= 11 is 0. The minimum Gasteiger partial charge on any atom is -0.353 e. The number of rotatable bonds is 3.